The van der Waals surface area contributed by atoms with E-state index in [1.807, 2.05) is 46.7 Å². The van der Waals surface area contributed by atoms with E-state index in [9.17, 15) is 30.3 Å². The quantitative estimate of drug-likeness (QED) is 0.224. The zero-order valence-electron chi connectivity index (χ0n) is 34.8. The SMILES string of the molecule is CC[C@H]1OC(=O)[C@H](C)[C@@H](OC2C[C@@](C)(OC)C(C[O-])[C@H](C)O2)[C@H](C)C(OC2(C)O[C@H](C)CC(N(C)C)[C@H]2O)[C@](C)(O)C[C@@H](C)CN[C@H](C)[C@@H](O)[C@]1(C)O. The fourth-order valence-electron chi connectivity index (χ4n) is 9.10. The molecule has 5 unspecified atom stereocenters. The molecule has 5 N–H and O–H groups in total. The lowest BCUT2D eigenvalue weighted by Gasteiger charge is -2.52. The van der Waals surface area contributed by atoms with Gasteiger partial charge >= 0.3 is 5.97 Å². The van der Waals surface area contributed by atoms with E-state index in [1.54, 1.807) is 48.7 Å². The number of aliphatic hydroxyl groups excluding tert-OH is 2. The van der Waals surface area contributed by atoms with Gasteiger partial charge in [-0.3, -0.25) is 4.79 Å². The maximum Gasteiger partial charge on any atom is 0.311 e. The van der Waals surface area contributed by atoms with Gasteiger partial charge in [-0.2, -0.15) is 0 Å². The molecule has 3 aliphatic heterocycles. The molecule has 0 aliphatic carbocycles. The molecule has 3 saturated heterocycles. The van der Waals surface area contributed by atoms with Gasteiger partial charge in [0, 0.05) is 31.5 Å². The molecule has 0 amide bonds. The van der Waals surface area contributed by atoms with Crippen molar-refractivity contribution in [2.24, 2.45) is 23.7 Å². The van der Waals surface area contributed by atoms with Crippen molar-refractivity contribution in [3.63, 3.8) is 0 Å². The highest BCUT2D eigenvalue weighted by molar-refractivity contribution is 5.73. The Kier molecular flexibility index (Phi) is 15.8. The second-order valence-electron chi connectivity index (χ2n) is 17.6. The first-order valence-corrected chi connectivity index (χ1v) is 19.6. The number of ether oxygens (including phenoxy) is 6. The molecular formula is C39H73N2O12-. The molecule has 0 radical (unpaired) electrons. The van der Waals surface area contributed by atoms with E-state index in [0.717, 1.165) is 0 Å². The number of hydrogen-bond donors (Lipinski definition) is 5. The second kappa shape index (κ2) is 18.1. The number of nitrogens with one attached hydrogen (secondary N) is 1. The van der Waals surface area contributed by atoms with Crippen LogP contribution in [0.5, 0.6) is 0 Å². The third-order valence-corrected chi connectivity index (χ3v) is 12.6. The van der Waals surface area contributed by atoms with Crippen LogP contribution in [0.4, 0.5) is 0 Å². The maximum absolute atomic E-state index is 14.2. The highest BCUT2D eigenvalue weighted by Crippen LogP contribution is 2.43. The van der Waals surface area contributed by atoms with E-state index in [-0.39, 0.29) is 37.3 Å². The number of methoxy groups -OCH3 is 1. The summed E-state index contributed by atoms with van der Waals surface area (Å²) in [5, 5.41) is 62.8. The molecule has 0 saturated carbocycles. The highest BCUT2D eigenvalue weighted by Gasteiger charge is 2.55. The summed E-state index contributed by atoms with van der Waals surface area (Å²) in [5.74, 6) is -4.67. The average molecular weight is 762 g/mol. The molecule has 0 aromatic heterocycles. The molecule has 3 aliphatic rings. The number of carbonyl (C=O) groups excluding carboxylic acids is 1. The summed E-state index contributed by atoms with van der Waals surface area (Å²) < 4.78 is 38.2. The van der Waals surface area contributed by atoms with E-state index < -0.39 is 102 Å². The lowest BCUT2D eigenvalue weighted by molar-refractivity contribution is -0.407. The smallest absolute Gasteiger partial charge is 0.311 e. The number of esters is 1. The number of carbonyl (C=O) groups is 1. The summed E-state index contributed by atoms with van der Waals surface area (Å²) in [5.41, 5.74) is -4.28. The number of aliphatic hydroxyl groups is 4. The van der Waals surface area contributed by atoms with Crippen molar-refractivity contribution in [3.05, 3.63) is 0 Å². The van der Waals surface area contributed by atoms with Gasteiger partial charge in [0.25, 0.3) is 0 Å². The summed E-state index contributed by atoms with van der Waals surface area (Å²) in [6, 6.07) is -0.901. The second-order valence-corrected chi connectivity index (χ2v) is 17.6. The number of rotatable bonds is 8. The van der Waals surface area contributed by atoms with Crippen LogP contribution in [0.15, 0.2) is 0 Å². The Bertz CT molecular complexity index is 1180. The van der Waals surface area contributed by atoms with Gasteiger partial charge < -0.3 is 64.2 Å². The van der Waals surface area contributed by atoms with Crippen LogP contribution >= 0.6 is 0 Å². The van der Waals surface area contributed by atoms with Crippen molar-refractivity contribution >= 4 is 5.97 Å². The number of cyclic esters (lactones) is 1. The van der Waals surface area contributed by atoms with Crippen LogP contribution in [0.25, 0.3) is 0 Å². The Balaban J connectivity index is 2.20. The van der Waals surface area contributed by atoms with Crippen LogP contribution in [-0.4, -0.2) is 149 Å². The minimum absolute atomic E-state index is 0.169. The summed E-state index contributed by atoms with van der Waals surface area (Å²) in [7, 11) is 5.32. The molecule has 0 aromatic rings. The van der Waals surface area contributed by atoms with Crippen molar-refractivity contribution in [2.45, 2.75) is 186 Å². The first-order chi connectivity index (χ1) is 24.4. The Morgan fingerprint density at radius 3 is 2.17 bits per heavy atom. The van der Waals surface area contributed by atoms with Crippen molar-refractivity contribution < 1.29 is 58.7 Å². The molecule has 0 aromatic carbocycles. The van der Waals surface area contributed by atoms with E-state index >= 15 is 0 Å². The van der Waals surface area contributed by atoms with Gasteiger partial charge in [-0.25, -0.2) is 0 Å². The van der Waals surface area contributed by atoms with Crippen molar-refractivity contribution in [2.75, 3.05) is 34.4 Å². The van der Waals surface area contributed by atoms with E-state index in [4.69, 9.17) is 28.4 Å². The number of nitrogens with zero attached hydrogens (tertiary/aromatic N) is 1. The standard InChI is InChI=1S/C39H73N2O12/c1-15-29-38(10,47)32(43)25(6)40-19-21(2)17-36(8,46)34(53-39(11)33(44)28(41(12)13)16-22(3)52-39)23(4)31(24(5)35(45)50-29)51-30-18-37(9,48-14)27(20-42)26(7)49-30/h21-34,40,43-44,46-47H,15-20H2,1-14H3/q-1/t21-,22-,23+,24-,25-,26+,27?,28?,29-,30?,31+,32-,33-,34?,36-,37-,38-,39?/m1/s1. The minimum Gasteiger partial charge on any atom is -0.854 e. The Hall–Kier alpha value is -1.01. The van der Waals surface area contributed by atoms with Crippen LogP contribution in [0.2, 0.25) is 0 Å². The third kappa shape index (κ3) is 10.3. The van der Waals surface area contributed by atoms with Gasteiger partial charge in [0.1, 0.15) is 23.9 Å². The van der Waals surface area contributed by atoms with Crippen LogP contribution in [0.1, 0.15) is 102 Å². The molecule has 14 nitrogen and oxygen atoms in total. The summed E-state index contributed by atoms with van der Waals surface area (Å²) in [6.07, 6.45) is -6.14. The van der Waals surface area contributed by atoms with Crippen LogP contribution in [0, 0.1) is 23.7 Å². The largest absolute Gasteiger partial charge is 0.854 e. The summed E-state index contributed by atoms with van der Waals surface area (Å²) >= 11 is 0. The molecule has 312 valence electrons. The zero-order valence-corrected chi connectivity index (χ0v) is 34.8. The van der Waals surface area contributed by atoms with Crippen molar-refractivity contribution in [3.8, 4) is 0 Å². The average Bonchev–Trinajstić information content (AvgIpc) is 3.06. The summed E-state index contributed by atoms with van der Waals surface area (Å²) in [4.78, 5) is 16.2. The lowest BCUT2D eigenvalue weighted by atomic mass is 9.77. The zero-order chi connectivity index (χ0) is 40.4. The van der Waals surface area contributed by atoms with E-state index in [1.165, 1.54) is 6.92 Å². The lowest BCUT2D eigenvalue weighted by Crippen LogP contribution is -2.65. The van der Waals surface area contributed by atoms with Crippen LogP contribution < -0.4 is 10.4 Å². The first kappa shape index (κ1) is 46.4. The van der Waals surface area contributed by atoms with E-state index in [0.29, 0.717) is 13.0 Å². The minimum atomic E-state index is -1.81. The first-order valence-electron chi connectivity index (χ1n) is 19.6. The van der Waals surface area contributed by atoms with Crippen LogP contribution in [0.3, 0.4) is 0 Å². The Labute approximate surface area is 318 Å². The molecule has 3 heterocycles. The molecular weight excluding hydrogens is 688 g/mol. The van der Waals surface area contributed by atoms with Crippen molar-refractivity contribution in [1.29, 1.82) is 0 Å². The number of hydrogen-bond acceptors (Lipinski definition) is 14. The van der Waals surface area contributed by atoms with Gasteiger partial charge in [-0.1, -0.05) is 20.8 Å². The topological polar surface area (TPSA) is 192 Å². The molecule has 18 atom stereocenters. The fraction of sp³-hybridized carbons (Fsp3) is 0.974. The third-order valence-electron chi connectivity index (χ3n) is 12.6. The highest BCUT2D eigenvalue weighted by atomic mass is 16.7. The number of likely N-dealkylation sites (N-methyl/N-ethyl adjacent to an activating group) is 1. The predicted molar refractivity (Wildman–Crippen MR) is 197 cm³/mol. The van der Waals surface area contributed by atoms with E-state index in [2.05, 4.69) is 5.32 Å². The van der Waals surface area contributed by atoms with Crippen molar-refractivity contribution in [1.82, 2.24) is 10.2 Å². The fourth-order valence-corrected chi connectivity index (χ4v) is 9.10. The molecule has 3 fully saturated rings. The van der Waals surface area contributed by atoms with Gasteiger partial charge in [0.05, 0.1) is 41.5 Å². The molecule has 14 heteroatoms. The van der Waals surface area contributed by atoms with Gasteiger partial charge in [0.15, 0.2) is 12.1 Å². The summed E-state index contributed by atoms with van der Waals surface area (Å²) in [6.45, 7) is 19.3. The maximum atomic E-state index is 14.2. The molecule has 53 heavy (non-hydrogen) atoms. The Morgan fingerprint density at radius 1 is 1.00 bits per heavy atom. The van der Waals surface area contributed by atoms with Gasteiger partial charge in [0.2, 0.25) is 0 Å². The predicted octanol–water partition coefficient (Wildman–Crippen LogP) is 1.56. The van der Waals surface area contributed by atoms with Crippen LogP contribution in [-0.2, 0) is 33.2 Å². The molecule has 0 spiro atoms. The van der Waals surface area contributed by atoms with Gasteiger partial charge in [-0.05, 0) is 107 Å². The normalized spacial score (nSPS) is 49.9. The van der Waals surface area contributed by atoms with Gasteiger partial charge in [-0.15, -0.1) is 6.61 Å². The molecule has 3 rings (SSSR count). The molecule has 0 bridgehead atoms. The monoisotopic (exact) mass is 762 g/mol. The Morgan fingerprint density at radius 2 is 1.62 bits per heavy atom.